The summed E-state index contributed by atoms with van der Waals surface area (Å²) < 4.78 is 11.3. The van der Waals surface area contributed by atoms with Gasteiger partial charge in [0.1, 0.15) is 5.92 Å². The molecule has 6 nitrogen and oxygen atoms in total. The van der Waals surface area contributed by atoms with E-state index in [-0.39, 0.29) is 18.9 Å². The van der Waals surface area contributed by atoms with Crippen LogP contribution in [0, 0.1) is 0 Å². The van der Waals surface area contributed by atoms with Crippen LogP contribution in [0.15, 0.2) is 48.5 Å². The predicted octanol–water partition coefficient (Wildman–Crippen LogP) is 3.46. The molecule has 142 valence electrons. The second-order valence-electron chi connectivity index (χ2n) is 6.29. The van der Waals surface area contributed by atoms with Crippen LogP contribution in [-0.4, -0.2) is 36.7 Å². The third kappa shape index (κ3) is 4.22. The van der Waals surface area contributed by atoms with E-state index < -0.39 is 11.9 Å². The van der Waals surface area contributed by atoms with Crippen LogP contribution in [0.2, 0.25) is 0 Å². The summed E-state index contributed by atoms with van der Waals surface area (Å²) in [5, 5.41) is 9.40. The maximum atomic E-state index is 12.6. The van der Waals surface area contributed by atoms with E-state index in [1.165, 1.54) is 0 Å². The second kappa shape index (κ2) is 8.58. The van der Waals surface area contributed by atoms with Crippen molar-refractivity contribution in [1.82, 2.24) is 0 Å². The van der Waals surface area contributed by atoms with Crippen molar-refractivity contribution >= 4 is 17.6 Å². The molecule has 1 heterocycles. The predicted molar refractivity (Wildman–Crippen MR) is 102 cm³/mol. The van der Waals surface area contributed by atoms with Crippen LogP contribution in [0.1, 0.15) is 31.2 Å². The van der Waals surface area contributed by atoms with Crippen molar-refractivity contribution < 1.29 is 24.2 Å². The first-order valence-corrected chi connectivity index (χ1v) is 9.08. The molecule has 1 N–H and O–H groups in total. The monoisotopic (exact) mass is 369 g/mol. The van der Waals surface area contributed by atoms with Crippen LogP contribution in [0.4, 0.5) is 5.69 Å². The van der Waals surface area contributed by atoms with Gasteiger partial charge in [0, 0.05) is 18.7 Å². The zero-order valence-electron chi connectivity index (χ0n) is 15.3. The van der Waals surface area contributed by atoms with E-state index in [9.17, 15) is 14.7 Å². The highest BCUT2D eigenvalue weighted by Crippen LogP contribution is 2.36. The lowest BCUT2D eigenvalue weighted by Crippen LogP contribution is -2.31. The third-order valence-corrected chi connectivity index (χ3v) is 4.51. The Balaban J connectivity index is 1.56. The molecule has 0 aliphatic carbocycles. The van der Waals surface area contributed by atoms with Crippen LogP contribution in [-0.2, 0) is 9.59 Å². The molecular weight excluding hydrogens is 346 g/mol. The number of anilines is 1. The summed E-state index contributed by atoms with van der Waals surface area (Å²) in [6, 6.07) is 14.6. The number of nitrogens with zero attached hydrogens (tertiary/aromatic N) is 1. The zero-order valence-corrected chi connectivity index (χ0v) is 15.3. The Morgan fingerprint density at radius 2 is 1.74 bits per heavy atom. The number of carbonyl (C=O) groups excluding carboxylic acids is 1. The van der Waals surface area contributed by atoms with E-state index >= 15 is 0 Å². The minimum absolute atomic E-state index is 0.0899. The van der Waals surface area contributed by atoms with Crippen molar-refractivity contribution in [3.63, 3.8) is 0 Å². The molecule has 1 aliphatic rings. The molecule has 1 unspecified atom stereocenters. The molecule has 6 heteroatoms. The van der Waals surface area contributed by atoms with Crippen LogP contribution in [0.3, 0.4) is 0 Å². The quantitative estimate of drug-likeness (QED) is 0.721. The van der Waals surface area contributed by atoms with E-state index in [4.69, 9.17) is 9.47 Å². The van der Waals surface area contributed by atoms with E-state index in [1.807, 2.05) is 37.3 Å². The van der Waals surface area contributed by atoms with Gasteiger partial charge in [0.05, 0.1) is 13.2 Å². The summed E-state index contributed by atoms with van der Waals surface area (Å²) in [6.07, 6.45) is 0.827. The molecule has 2 aromatic rings. The first-order chi connectivity index (χ1) is 13.1. The van der Waals surface area contributed by atoms with E-state index in [1.54, 1.807) is 23.1 Å². The summed E-state index contributed by atoms with van der Waals surface area (Å²) in [5.74, 6) is -0.325. The van der Waals surface area contributed by atoms with Gasteiger partial charge >= 0.3 is 5.97 Å². The Labute approximate surface area is 158 Å². The Kier molecular flexibility index (Phi) is 5.96. The fraction of sp³-hybridized carbons (Fsp3) is 0.333. The van der Waals surface area contributed by atoms with Gasteiger partial charge in [-0.25, -0.2) is 0 Å². The number of amides is 1. The molecule has 0 saturated heterocycles. The van der Waals surface area contributed by atoms with Gasteiger partial charge in [-0.1, -0.05) is 30.3 Å². The minimum atomic E-state index is -0.909. The number of rotatable bonds is 8. The summed E-state index contributed by atoms with van der Waals surface area (Å²) in [7, 11) is 0. The van der Waals surface area contributed by atoms with Gasteiger partial charge < -0.3 is 19.5 Å². The molecule has 0 fully saturated rings. The number of para-hydroxylation sites is 3. The largest absolute Gasteiger partial charge is 0.490 e. The number of carbonyl (C=O) groups is 2. The molecule has 2 aromatic carbocycles. The molecule has 3 rings (SSSR count). The lowest BCUT2D eigenvalue weighted by Gasteiger charge is -2.17. The van der Waals surface area contributed by atoms with Crippen molar-refractivity contribution in [3.8, 4) is 11.5 Å². The Bertz CT molecular complexity index is 820. The first-order valence-electron chi connectivity index (χ1n) is 9.08. The molecule has 1 atom stereocenters. The maximum absolute atomic E-state index is 12.6. The number of carboxylic acids is 1. The molecule has 0 aromatic heterocycles. The Morgan fingerprint density at radius 3 is 2.44 bits per heavy atom. The minimum Gasteiger partial charge on any atom is -0.490 e. The fourth-order valence-electron chi connectivity index (χ4n) is 3.24. The second-order valence-corrected chi connectivity index (χ2v) is 6.29. The molecule has 27 heavy (non-hydrogen) atoms. The summed E-state index contributed by atoms with van der Waals surface area (Å²) >= 11 is 0. The van der Waals surface area contributed by atoms with Gasteiger partial charge in [0.25, 0.3) is 0 Å². The summed E-state index contributed by atoms with van der Waals surface area (Å²) in [5.41, 5.74) is 1.39. The maximum Gasteiger partial charge on any atom is 0.312 e. The highest BCUT2D eigenvalue weighted by Gasteiger charge is 2.35. The Hall–Kier alpha value is -3.02. The lowest BCUT2D eigenvalue weighted by atomic mass is 10.0. The van der Waals surface area contributed by atoms with Crippen LogP contribution >= 0.6 is 0 Å². The number of hydrogen-bond donors (Lipinski definition) is 1. The number of hydrogen-bond acceptors (Lipinski definition) is 4. The highest BCUT2D eigenvalue weighted by atomic mass is 16.5. The number of benzene rings is 2. The average molecular weight is 369 g/mol. The van der Waals surface area contributed by atoms with Crippen molar-refractivity contribution in [2.45, 2.75) is 25.7 Å². The number of carboxylic acid groups (broad SMARTS) is 1. The van der Waals surface area contributed by atoms with Crippen molar-refractivity contribution in [2.24, 2.45) is 0 Å². The number of aliphatic carboxylic acids is 1. The molecular formula is C21H23NO5. The van der Waals surface area contributed by atoms with Crippen molar-refractivity contribution in [1.29, 1.82) is 0 Å². The highest BCUT2D eigenvalue weighted by molar-refractivity contribution is 5.98. The molecule has 1 aliphatic heterocycles. The van der Waals surface area contributed by atoms with E-state index in [0.717, 1.165) is 0 Å². The fourth-order valence-corrected chi connectivity index (χ4v) is 3.24. The van der Waals surface area contributed by atoms with Gasteiger partial charge in [-0.05, 0) is 37.1 Å². The Morgan fingerprint density at radius 1 is 1.07 bits per heavy atom. The standard InChI is InChI=1S/C21H23NO5/c1-2-26-18-10-5-6-11-19(18)27-13-7-12-20(23)22-14-16(21(24)25)15-8-3-4-9-17(15)22/h3-6,8-11,16H,2,7,12-14H2,1H3,(H,24,25). The van der Waals surface area contributed by atoms with E-state index in [2.05, 4.69) is 0 Å². The van der Waals surface area contributed by atoms with Gasteiger partial charge in [-0.3, -0.25) is 9.59 Å². The van der Waals surface area contributed by atoms with Gasteiger partial charge in [0.2, 0.25) is 5.91 Å². The van der Waals surface area contributed by atoms with Gasteiger partial charge in [-0.2, -0.15) is 0 Å². The van der Waals surface area contributed by atoms with Gasteiger partial charge in [0.15, 0.2) is 11.5 Å². The van der Waals surface area contributed by atoms with E-state index in [0.29, 0.717) is 42.4 Å². The summed E-state index contributed by atoms with van der Waals surface area (Å²) in [6.45, 7) is 3.03. The smallest absolute Gasteiger partial charge is 0.312 e. The SMILES string of the molecule is CCOc1ccccc1OCCCC(=O)N1CC(C(=O)O)c2ccccc21. The molecule has 0 radical (unpaired) electrons. The molecule has 0 bridgehead atoms. The summed E-state index contributed by atoms with van der Waals surface area (Å²) in [4.78, 5) is 25.6. The number of fused-ring (bicyclic) bond motifs is 1. The van der Waals surface area contributed by atoms with Crippen LogP contribution in [0.25, 0.3) is 0 Å². The molecule has 0 saturated carbocycles. The van der Waals surface area contributed by atoms with Gasteiger partial charge in [-0.15, -0.1) is 0 Å². The molecule has 1 amide bonds. The first kappa shape index (κ1) is 18.8. The van der Waals surface area contributed by atoms with Crippen molar-refractivity contribution in [3.05, 3.63) is 54.1 Å². The van der Waals surface area contributed by atoms with Crippen LogP contribution < -0.4 is 14.4 Å². The normalized spacial score (nSPS) is 15.3. The molecule has 0 spiro atoms. The topological polar surface area (TPSA) is 76.1 Å². The van der Waals surface area contributed by atoms with Crippen LogP contribution in [0.5, 0.6) is 11.5 Å². The average Bonchev–Trinajstić information content (AvgIpc) is 3.06. The lowest BCUT2D eigenvalue weighted by molar-refractivity contribution is -0.138. The zero-order chi connectivity index (χ0) is 19.2. The van der Waals surface area contributed by atoms with Crippen molar-refractivity contribution in [2.75, 3.05) is 24.7 Å². The third-order valence-electron chi connectivity index (χ3n) is 4.51. The number of ether oxygens (including phenoxy) is 2.